The van der Waals surface area contributed by atoms with Gasteiger partial charge in [0.25, 0.3) is 0 Å². The fourth-order valence-electron chi connectivity index (χ4n) is 1.31. The Morgan fingerprint density at radius 3 is 2.07 bits per heavy atom. The van der Waals surface area contributed by atoms with Gasteiger partial charge in [-0.1, -0.05) is 0 Å². The first-order valence-corrected chi connectivity index (χ1v) is 4.07. The minimum absolute atomic E-state index is 1.19. The Kier molecular flexibility index (Phi) is 3.78. The molecule has 0 aromatic heterocycles. The number of hydrogen-bond acceptors (Lipinski definition) is 7. The van der Waals surface area contributed by atoms with Crippen molar-refractivity contribution in [2.45, 2.75) is 37.0 Å². The van der Waals surface area contributed by atoms with Crippen LogP contribution < -0.4 is 0 Å². The molecule has 84 valence electrons. The van der Waals surface area contributed by atoms with Gasteiger partial charge in [0.1, 0.15) is 24.4 Å². The fourth-order valence-corrected chi connectivity index (χ4v) is 1.31. The molecule has 5 N–H and O–H groups in total. The van der Waals surface area contributed by atoms with Gasteiger partial charge in [-0.2, -0.15) is 0 Å². The van der Waals surface area contributed by atoms with Gasteiger partial charge in [-0.25, -0.2) is 0 Å². The molecule has 0 aromatic rings. The van der Waals surface area contributed by atoms with Gasteiger partial charge in [0.15, 0.2) is 12.6 Å². The van der Waals surface area contributed by atoms with Gasteiger partial charge < -0.3 is 35.0 Å². The number of aliphatic hydroxyl groups excluding tert-OH is 4. The summed E-state index contributed by atoms with van der Waals surface area (Å²) in [5.41, 5.74) is 0. The summed E-state index contributed by atoms with van der Waals surface area (Å²) in [7, 11) is 1.22. The third kappa shape index (κ3) is 2.04. The molecule has 1 fully saturated rings. The first kappa shape index (κ1) is 11.8. The zero-order valence-electron chi connectivity index (χ0n) is 7.52. The summed E-state index contributed by atoms with van der Waals surface area (Å²) in [6, 6.07) is 0. The van der Waals surface area contributed by atoms with Crippen LogP contribution in [0.1, 0.15) is 0 Å². The van der Waals surface area contributed by atoms with E-state index in [9.17, 15) is 15.3 Å². The normalized spacial score (nSPS) is 44.4. The van der Waals surface area contributed by atoms with Crippen LogP contribution in [0.25, 0.3) is 0 Å². The smallest absolute Gasteiger partial charge is 0.186 e. The molecule has 0 aliphatic carbocycles. The minimum Gasteiger partial charge on any atom is -0.387 e. The number of aliphatic hydroxyl groups is 5. The summed E-state index contributed by atoms with van der Waals surface area (Å²) >= 11 is 0. The van der Waals surface area contributed by atoms with Gasteiger partial charge in [0.2, 0.25) is 0 Å². The monoisotopic (exact) mass is 210 g/mol. The third-order valence-corrected chi connectivity index (χ3v) is 2.13. The van der Waals surface area contributed by atoms with Gasteiger partial charge in [-0.15, -0.1) is 0 Å². The maximum Gasteiger partial charge on any atom is 0.186 e. The highest BCUT2D eigenvalue weighted by Crippen LogP contribution is 2.22. The summed E-state index contributed by atoms with van der Waals surface area (Å²) in [5, 5.41) is 45.4. The SMILES string of the molecule is CO[C@H]1OC(C(O)O)[C@@H](O)C(O)C1O. The second kappa shape index (κ2) is 4.49. The van der Waals surface area contributed by atoms with Crippen molar-refractivity contribution >= 4 is 0 Å². The van der Waals surface area contributed by atoms with E-state index >= 15 is 0 Å². The summed E-state index contributed by atoms with van der Waals surface area (Å²) < 4.78 is 9.45. The molecule has 1 aliphatic rings. The molecule has 3 unspecified atom stereocenters. The molecule has 0 saturated carbocycles. The van der Waals surface area contributed by atoms with Crippen molar-refractivity contribution in [3.05, 3.63) is 0 Å². The van der Waals surface area contributed by atoms with Gasteiger partial charge in [-0.3, -0.25) is 0 Å². The van der Waals surface area contributed by atoms with Crippen LogP contribution >= 0.6 is 0 Å². The predicted octanol–water partition coefficient (Wildman–Crippen LogP) is -3.25. The Morgan fingerprint density at radius 2 is 1.64 bits per heavy atom. The summed E-state index contributed by atoms with van der Waals surface area (Å²) in [6.07, 6.45) is -9.09. The number of ether oxygens (including phenoxy) is 2. The summed E-state index contributed by atoms with van der Waals surface area (Å²) in [4.78, 5) is 0. The molecular weight excluding hydrogens is 196 g/mol. The van der Waals surface area contributed by atoms with Crippen LogP contribution in [-0.4, -0.2) is 69.6 Å². The van der Waals surface area contributed by atoms with Crippen molar-refractivity contribution in [2.75, 3.05) is 7.11 Å². The second-order valence-electron chi connectivity index (χ2n) is 3.09. The Morgan fingerprint density at radius 1 is 1.07 bits per heavy atom. The highest BCUT2D eigenvalue weighted by molar-refractivity contribution is 4.89. The van der Waals surface area contributed by atoms with Crippen LogP contribution in [0.4, 0.5) is 0 Å². The molecule has 7 heteroatoms. The summed E-state index contributed by atoms with van der Waals surface area (Å²) in [6.45, 7) is 0. The van der Waals surface area contributed by atoms with Crippen molar-refractivity contribution in [3.8, 4) is 0 Å². The Balaban J connectivity index is 2.73. The Labute approximate surface area is 80.1 Å². The molecule has 0 amide bonds. The zero-order chi connectivity index (χ0) is 10.9. The molecule has 5 atom stereocenters. The second-order valence-corrected chi connectivity index (χ2v) is 3.09. The lowest BCUT2D eigenvalue weighted by Gasteiger charge is -2.40. The maximum absolute atomic E-state index is 9.28. The standard InChI is InChI=1S/C7H14O7/c1-13-7-4(10)2(8)3(9)5(14-7)6(11)12/h2-12H,1H3/t2?,3-,4?,5?,7-/m0/s1. The molecule has 0 bridgehead atoms. The lowest BCUT2D eigenvalue weighted by atomic mass is 9.98. The fraction of sp³-hybridized carbons (Fsp3) is 1.00. The first-order chi connectivity index (χ1) is 6.49. The van der Waals surface area contributed by atoms with Crippen LogP contribution in [0.2, 0.25) is 0 Å². The third-order valence-electron chi connectivity index (χ3n) is 2.13. The molecule has 0 radical (unpaired) electrons. The van der Waals surface area contributed by atoms with E-state index in [1.54, 1.807) is 0 Å². The average Bonchev–Trinajstić information content (AvgIpc) is 2.14. The van der Waals surface area contributed by atoms with Crippen LogP contribution in [0.5, 0.6) is 0 Å². The lowest BCUT2D eigenvalue weighted by molar-refractivity contribution is -0.323. The van der Waals surface area contributed by atoms with Crippen molar-refractivity contribution in [2.24, 2.45) is 0 Å². The highest BCUT2D eigenvalue weighted by Gasteiger charge is 2.46. The lowest BCUT2D eigenvalue weighted by Crippen LogP contribution is -2.61. The van der Waals surface area contributed by atoms with E-state index in [1.807, 2.05) is 0 Å². The number of methoxy groups -OCH3 is 1. The van der Waals surface area contributed by atoms with Gasteiger partial charge >= 0.3 is 0 Å². The maximum atomic E-state index is 9.28. The first-order valence-electron chi connectivity index (χ1n) is 4.07. The van der Waals surface area contributed by atoms with Gasteiger partial charge in [-0.05, 0) is 0 Å². The quantitative estimate of drug-likeness (QED) is 0.304. The van der Waals surface area contributed by atoms with Crippen molar-refractivity contribution in [1.29, 1.82) is 0 Å². The molecule has 1 aliphatic heterocycles. The topological polar surface area (TPSA) is 120 Å². The molecule has 1 rings (SSSR count). The van der Waals surface area contributed by atoms with Crippen LogP contribution in [0.3, 0.4) is 0 Å². The van der Waals surface area contributed by atoms with Crippen LogP contribution in [0, 0.1) is 0 Å². The predicted molar refractivity (Wildman–Crippen MR) is 41.9 cm³/mol. The Bertz CT molecular complexity index is 183. The van der Waals surface area contributed by atoms with E-state index in [4.69, 9.17) is 14.9 Å². The van der Waals surface area contributed by atoms with E-state index in [0.717, 1.165) is 0 Å². The number of hydrogen-bond donors (Lipinski definition) is 5. The van der Waals surface area contributed by atoms with Gasteiger partial charge in [0, 0.05) is 7.11 Å². The number of rotatable bonds is 2. The van der Waals surface area contributed by atoms with Crippen LogP contribution in [-0.2, 0) is 9.47 Å². The van der Waals surface area contributed by atoms with E-state index in [2.05, 4.69) is 4.74 Å². The van der Waals surface area contributed by atoms with Crippen molar-refractivity contribution < 1.29 is 35.0 Å². The van der Waals surface area contributed by atoms with E-state index < -0.39 is 37.0 Å². The largest absolute Gasteiger partial charge is 0.387 e. The van der Waals surface area contributed by atoms with Crippen LogP contribution in [0.15, 0.2) is 0 Å². The molecule has 7 nitrogen and oxygen atoms in total. The van der Waals surface area contributed by atoms with E-state index in [1.165, 1.54) is 7.11 Å². The summed E-state index contributed by atoms with van der Waals surface area (Å²) in [5.74, 6) is 0. The van der Waals surface area contributed by atoms with E-state index in [0.29, 0.717) is 0 Å². The van der Waals surface area contributed by atoms with Crippen molar-refractivity contribution in [3.63, 3.8) is 0 Å². The molecule has 1 heterocycles. The molecular formula is C7H14O7. The van der Waals surface area contributed by atoms with Gasteiger partial charge in [0.05, 0.1) is 0 Å². The van der Waals surface area contributed by atoms with E-state index in [-0.39, 0.29) is 0 Å². The van der Waals surface area contributed by atoms with Crippen molar-refractivity contribution in [1.82, 2.24) is 0 Å². The minimum atomic E-state index is -1.95. The molecule has 0 aromatic carbocycles. The highest BCUT2D eigenvalue weighted by atomic mass is 16.7. The Hall–Kier alpha value is -0.280. The molecule has 0 spiro atoms. The molecule has 1 saturated heterocycles. The average molecular weight is 210 g/mol. The molecule has 14 heavy (non-hydrogen) atoms. The zero-order valence-corrected chi connectivity index (χ0v) is 7.52.